The fourth-order valence-corrected chi connectivity index (χ4v) is 4.08. The van der Waals surface area contributed by atoms with E-state index in [1.807, 2.05) is 24.3 Å². The summed E-state index contributed by atoms with van der Waals surface area (Å²) in [7, 11) is -1.15. The van der Waals surface area contributed by atoms with Crippen LogP contribution in [0.2, 0.25) is 25.7 Å². The zero-order valence-electron chi connectivity index (χ0n) is 19.9. The second kappa shape index (κ2) is 10.3. The maximum atomic E-state index is 13.2. The molecule has 0 fully saturated rings. The number of ether oxygens (including phenoxy) is 1. The van der Waals surface area contributed by atoms with Crippen LogP contribution in [0.25, 0.3) is 10.9 Å². The molecule has 2 heterocycles. The fraction of sp³-hybridized carbons (Fsp3) is 0.500. The third-order valence-corrected chi connectivity index (χ3v) is 6.99. The van der Waals surface area contributed by atoms with Crippen molar-refractivity contribution in [1.29, 1.82) is 0 Å². The van der Waals surface area contributed by atoms with Crippen molar-refractivity contribution in [3.05, 3.63) is 48.2 Å². The molecule has 2 aromatic rings. The fourth-order valence-electron chi connectivity index (χ4n) is 3.32. The minimum atomic E-state index is -4.49. The van der Waals surface area contributed by atoms with Crippen LogP contribution in [0.3, 0.4) is 0 Å². The number of hydrogen-bond acceptors (Lipinski definition) is 4. The van der Waals surface area contributed by atoms with Crippen molar-refractivity contribution in [2.24, 2.45) is 10.9 Å². The molecule has 0 bridgehead atoms. The maximum absolute atomic E-state index is 13.2. The van der Waals surface area contributed by atoms with E-state index in [2.05, 4.69) is 48.9 Å². The number of anilines is 1. The van der Waals surface area contributed by atoms with Crippen LogP contribution in [0.4, 0.5) is 18.9 Å². The van der Waals surface area contributed by atoms with Gasteiger partial charge in [-0.3, -0.25) is 4.99 Å². The van der Waals surface area contributed by atoms with Crippen molar-refractivity contribution in [3.8, 4) is 0 Å². The quantitative estimate of drug-likeness (QED) is 0.325. The van der Waals surface area contributed by atoms with Crippen LogP contribution in [0.15, 0.2) is 53.2 Å². The smallest absolute Gasteiger partial charge is 0.360 e. The highest BCUT2D eigenvalue weighted by Crippen LogP contribution is 2.27. The summed E-state index contributed by atoms with van der Waals surface area (Å²) in [5.74, 6) is 0.398. The number of nitrogens with zero attached hydrogens (tertiary/aromatic N) is 3. The Balaban J connectivity index is 1.75. The second-order valence-corrected chi connectivity index (χ2v) is 15.6. The van der Waals surface area contributed by atoms with Crippen molar-refractivity contribution < 1.29 is 17.9 Å². The largest absolute Gasteiger partial charge is 0.433 e. The number of benzene rings is 1. The number of aromatic nitrogens is 2. The van der Waals surface area contributed by atoms with Gasteiger partial charge in [-0.2, -0.15) is 18.3 Å². The summed E-state index contributed by atoms with van der Waals surface area (Å²) >= 11 is 0. The highest BCUT2D eigenvalue weighted by Gasteiger charge is 2.36. The Labute approximate surface area is 194 Å². The Morgan fingerprint density at radius 1 is 1.21 bits per heavy atom. The zero-order chi connectivity index (χ0) is 24.2. The van der Waals surface area contributed by atoms with E-state index in [9.17, 15) is 13.2 Å². The number of fused-ring (bicyclic) bond motifs is 1. The molecule has 180 valence electrons. The van der Waals surface area contributed by atoms with Gasteiger partial charge in [0.2, 0.25) is 0 Å². The number of allylic oxidation sites excluding steroid dienone is 2. The molecule has 1 N–H and O–H groups in total. The van der Waals surface area contributed by atoms with Gasteiger partial charge in [0.25, 0.3) is 0 Å². The summed E-state index contributed by atoms with van der Waals surface area (Å²) < 4.78 is 47.3. The van der Waals surface area contributed by atoms with Crippen LogP contribution in [-0.4, -0.2) is 42.5 Å². The van der Waals surface area contributed by atoms with Gasteiger partial charge in [0.1, 0.15) is 18.6 Å². The van der Waals surface area contributed by atoms with Gasteiger partial charge in [-0.25, -0.2) is 4.68 Å². The third-order valence-electron chi connectivity index (χ3n) is 5.29. The number of halogens is 3. The first kappa shape index (κ1) is 25.2. The highest BCUT2D eigenvalue weighted by atomic mass is 28.3. The lowest BCUT2D eigenvalue weighted by Gasteiger charge is -2.23. The molecule has 1 aromatic carbocycles. The van der Waals surface area contributed by atoms with Crippen LogP contribution in [0, 0.1) is 5.92 Å². The molecule has 3 rings (SSSR count). The van der Waals surface area contributed by atoms with E-state index in [0.29, 0.717) is 24.9 Å². The lowest BCUT2D eigenvalue weighted by atomic mass is 10.0. The van der Waals surface area contributed by atoms with Gasteiger partial charge in [-0.05, 0) is 48.2 Å². The summed E-state index contributed by atoms with van der Waals surface area (Å²) in [6.45, 7) is 12.1. The molecule has 0 radical (unpaired) electrons. The standard InChI is InChI=1S/C24H33F3N4OSi/c1-17(2)6-7-18-8-11-22(24(25,26)27)30-23(18)29-20-9-10-21-19(14-20)15-28-31(21)16-32-12-13-33(3,4)5/h7-11,14-15,17,23,29H,6,12-13,16H2,1-5H3. The molecule has 0 saturated carbocycles. The van der Waals surface area contributed by atoms with Gasteiger partial charge in [-0.1, -0.05) is 45.6 Å². The zero-order valence-corrected chi connectivity index (χ0v) is 20.9. The van der Waals surface area contributed by atoms with Crippen LogP contribution in [-0.2, 0) is 11.5 Å². The van der Waals surface area contributed by atoms with Crippen LogP contribution < -0.4 is 5.32 Å². The summed E-state index contributed by atoms with van der Waals surface area (Å²) in [6.07, 6.45) is 1.71. The van der Waals surface area contributed by atoms with E-state index in [4.69, 9.17) is 4.74 Å². The van der Waals surface area contributed by atoms with Crippen LogP contribution in [0.1, 0.15) is 20.3 Å². The highest BCUT2D eigenvalue weighted by molar-refractivity contribution is 6.76. The van der Waals surface area contributed by atoms with E-state index in [-0.39, 0.29) is 0 Å². The molecule has 0 aliphatic carbocycles. The van der Waals surface area contributed by atoms with Gasteiger partial charge < -0.3 is 10.1 Å². The van der Waals surface area contributed by atoms with Gasteiger partial charge in [-0.15, -0.1) is 0 Å². The molecule has 1 atom stereocenters. The van der Waals surface area contributed by atoms with Crippen molar-refractivity contribution >= 4 is 30.4 Å². The van der Waals surface area contributed by atoms with E-state index in [1.54, 1.807) is 10.9 Å². The Morgan fingerprint density at radius 3 is 2.64 bits per heavy atom. The number of rotatable bonds is 9. The summed E-state index contributed by atoms with van der Waals surface area (Å²) in [6, 6.07) is 6.70. The van der Waals surface area contributed by atoms with Crippen LogP contribution in [0.5, 0.6) is 0 Å². The lowest BCUT2D eigenvalue weighted by molar-refractivity contribution is -0.0580. The average molecular weight is 479 g/mol. The third kappa shape index (κ3) is 7.30. The molecule has 9 heteroatoms. The lowest BCUT2D eigenvalue weighted by Crippen LogP contribution is -2.30. The SMILES string of the molecule is CC(C)CC=C1C=CC(C(F)(F)F)=NC1Nc1ccc2c(cnn2COCC[Si](C)(C)C)c1. The molecule has 0 saturated heterocycles. The van der Waals surface area contributed by atoms with E-state index < -0.39 is 26.1 Å². The summed E-state index contributed by atoms with van der Waals surface area (Å²) in [4.78, 5) is 3.95. The molecule has 1 aliphatic rings. The van der Waals surface area contributed by atoms with E-state index in [0.717, 1.165) is 35.0 Å². The molecule has 0 spiro atoms. The van der Waals surface area contributed by atoms with Crippen molar-refractivity contribution in [3.63, 3.8) is 0 Å². The average Bonchev–Trinajstić information content (AvgIpc) is 3.11. The normalized spacial score (nSPS) is 18.4. The maximum Gasteiger partial charge on any atom is 0.433 e. The summed E-state index contributed by atoms with van der Waals surface area (Å²) in [5, 5.41) is 8.44. The molecule has 1 aliphatic heterocycles. The molecule has 1 aromatic heterocycles. The molecule has 33 heavy (non-hydrogen) atoms. The Morgan fingerprint density at radius 2 is 1.97 bits per heavy atom. The van der Waals surface area contributed by atoms with Gasteiger partial charge in [0, 0.05) is 25.8 Å². The molecular formula is C24H33F3N4OSi. The molecule has 0 amide bonds. The van der Waals surface area contributed by atoms with Gasteiger partial charge in [0.05, 0.1) is 11.7 Å². The first-order valence-electron chi connectivity index (χ1n) is 11.3. The Hall–Kier alpha value is -2.39. The van der Waals surface area contributed by atoms with Crippen molar-refractivity contribution in [1.82, 2.24) is 9.78 Å². The van der Waals surface area contributed by atoms with Crippen LogP contribution >= 0.6 is 0 Å². The number of aliphatic imine (C=N–C) groups is 1. The first-order valence-corrected chi connectivity index (χ1v) is 15.0. The first-order chi connectivity index (χ1) is 15.4. The minimum Gasteiger partial charge on any atom is -0.360 e. The van der Waals surface area contributed by atoms with E-state index >= 15 is 0 Å². The Bertz CT molecular complexity index is 1050. The van der Waals surface area contributed by atoms with Crippen molar-refractivity contribution in [2.75, 3.05) is 11.9 Å². The second-order valence-electron chi connectivity index (χ2n) is 9.99. The van der Waals surface area contributed by atoms with E-state index in [1.165, 1.54) is 6.08 Å². The Kier molecular flexibility index (Phi) is 7.84. The predicted molar refractivity (Wildman–Crippen MR) is 131 cm³/mol. The number of nitrogens with one attached hydrogen (secondary N) is 1. The topological polar surface area (TPSA) is 51.4 Å². The van der Waals surface area contributed by atoms with Gasteiger partial charge in [0.15, 0.2) is 0 Å². The minimum absolute atomic E-state index is 0.371. The van der Waals surface area contributed by atoms with Crippen molar-refractivity contribution in [2.45, 2.75) is 65.0 Å². The monoisotopic (exact) mass is 478 g/mol. The van der Waals surface area contributed by atoms with Gasteiger partial charge >= 0.3 is 6.18 Å². The summed E-state index contributed by atoms with van der Waals surface area (Å²) in [5.41, 5.74) is 1.43. The molecule has 1 unspecified atom stereocenters. The number of dihydropyridines is 1. The molecule has 5 nitrogen and oxygen atoms in total. The number of alkyl halides is 3. The predicted octanol–water partition coefficient (Wildman–Crippen LogP) is 6.63. The molecular weight excluding hydrogens is 445 g/mol. The number of hydrogen-bond donors (Lipinski definition) is 1.